The van der Waals surface area contributed by atoms with Gasteiger partial charge in [-0.3, -0.25) is 14.7 Å². The lowest BCUT2D eigenvalue weighted by molar-refractivity contribution is -0.140. The van der Waals surface area contributed by atoms with Gasteiger partial charge in [0.25, 0.3) is 5.91 Å². The van der Waals surface area contributed by atoms with Crippen LogP contribution in [0.1, 0.15) is 25.0 Å². The van der Waals surface area contributed by atoms with Gasteiger partial charge >= 0.3 is 6.18 Å². The molecule has 8 nitrogen and oxygen atoms in total. The van der Waals surface area contributed by atoms with E-state index in [0.29, 0.717) is 11.2 Å². The first-order valence-electron chi connectivity index (χ1n) is 12.3. The lowest BCUT2D eigenvalue weighted by Gasteiger charge is -2.29. The Hall–Kier alpha value is -4.55. The maximum atomic E-state index is 15.3. The Kier molecular flexibility index (Phi) is 8.74. The summed E-state index contributed by atoms with van der Waals surface area (Å²) in [5.74, 6) is -4.73. The Morgan fingerprint density at radius 3 is 2.42 bits per heavy atom. The number of hydrogen-bond donors (Lipinski definition) is 0. The number of thiocarbonyl (C=S) groups is 1. The third-order valence-corrected chi connectivity index (χ3v) is 6.76. The first-order chi connectivity index (χ1) is 20.2. The van der Waals surface area contributed by atoms with E-state index >= 15 is 8.78 Å². The Labute approximate surface area is 246 Å². The van der Waals surface area contributed by atoms with Gasteiger partial charge in [-0.1, -0.05) is 0 Å². The van der Waals surface area contributed by atoms with E-state index in [-0.39, 0.29) is 42.5 Å². The van der Waals surface area contributed by atoms with Crippen molar-refractivity contribution < 1.29 is 45.4 Å². The first kappa shape index (κ1) is 31.4. The summed E-state index contributed by atoms with van der Waals surface area (Å²) in [6, 6.07) is 7.34. The third kappa shape index (κ3) is 5.88. The maximum absolute atomic E-state index is 15.3. The fourth-order valence-electron chi connectivity index (χ4n) is 4.42. The first-order valence-corrected chi connectivity index (χ1v) is 12.7. The largest absolute Gasteiger partial charge is 0.488 e. The quantitative estimate of drug-likeness (QED) is 0.132. The highest BCUT2D eigenvalue weighted by molar-refractivity contribution is 7.81. The molecule has 4 rings (SSSR count). The number of alkyl halides is 3. The van der Waals surface area contributed by atoms with Crippen LogP contribution in [0.25, 0.3) is 11.3 Å². The molecule has 0 bridgehead atoms. The second kappa shape index (κ2) is 12.0. The number of amides is 1. The summed E-state index contributed by atoms with van der Waals surface area (Å²) in [5.41, 5.74) is -5.64. The highest BCUT2D eigenvalue weighted by atomic mass is 32.1. The average molecular weight is 623 g/mol. The van der Waals surface area contributed by atoms with E-state index in [1.807, 2.05) is 0 Å². The fourth-order valence-corrected chi connectivity index (χ4v) is 4.93. The van der Waals surface area contributed by atoms with Crippen molar-refractivity contribution in [3.63, 3.8) is 0 Å². The van der Waals surface area contributed by atoms with Crippen LogP contribution in [0.3, 0.4) is 0 Å². The summed E-state index contributed by atoms with van der Waals surface area (Å²) >= 11 is 5.35. The van der Waals surface area contributed by atoms with Crippen LogP contribution in [-0.2, 0) is 20.5 Å². The van der Waals surface area contributed by atoms with Gasteiger partial charge in [-0.2, -0.15) is 18.4 Å². The number of pyridine rings is 1. The predicted molar refractivity (Wildman–Crippen MR) is 145 cm³/mol. The number of nitriles is 1. The molecule has 15 heteroatoms. The number of carbonyl (C=O) groups excluding carboxylic acids is 2. The zero-order chi connectivity index (χ0) is 31.7. The van der Waals surface area contributed by atoms with Crippen LogP contribution < -0.4 is 14.5 Å². The monoisotopic (exact) mass is 622 g/mol. The zero-order valence-electron chi connectivity index (χ0n) is 22.3. The number of aldehydes is 1. The van der Waals surface area contributed by atoms with E-state index in [4.69, 9.17) is 27.0 Å². The SMILES string of the molecule is CC1(C)C(=O)N(c2ccc(C#N)c(C(F)(F)F)c2F)C(=S)N1c1cnc(-c2ccc(OCCOCC=O)c(F)c2)c(F)c1. The summed E-state index contributed by atoms with van der Waals surface area (Å²) < 4.78 is 96.0. The molecule has 2 aromatic carbocycles. The Balaban J connectivity index is 1.65. The molecule has 2 heterocycles. The van der Waals surface area contributed by atoms with Crippen molar-refractivity contribution in [1.82, 2.24) is 4.98 Å². The minimum absolute atomic E-state index is 0.0337. The van der Waals surface area contributed by atoms with Crippen molar-refractivity contribution in [1.29, 1.82) is 5.26 Å². The number of carbonyl (C=O) groups is 2. The Bertz CT molecular complexity index is 1660. The topological polar surface area (TPSA) is 95.8 Å². The minimum Gasteiger partial charge on any atom is -0.488 e. The summed E-state index contributed by atoms with van der Waals surface area (Å²) in [5, 5.41) is 8.58. The molecule has 1 saturated heterocycles. The van der Waals surface area contributed by atoms with Crippen molar-refractivity contribution in [3.05, 3.63) is 71.2 Å². The van der Waals surface area contributed by atoms with Crippen molar-refractivity contribution in [2.24, 2.45) is 0 Å². The molecule has 0 aliphatic carbocycles. The number of halogens is 6. The maximum Gasteiger partial charge on any atom is 0.420 e. The smallest absolute Gasteiger partial charge is 0.420 e. The molecule has 1 aliphatic rings. The standard InChI is InChI=1S/C28H20F6N4O4S/c1-27(2)25(40)37(20-5-3-16(13-35)22(23(20)31)28(32,33)34)26(43)38(27)17-12-19(30)24(36-14-17)15-4-6-21(18(29)11-15)42-10-9-41-8-7-39/h3-7,11-12,14H,8-10H2,1-2H3. The van der Waals surface area contributed by atoms with Gasteiger partial charge in [0.1, 0.15) is 36.3 Å². The molecule has 0 radical (unpaired) electrons. The molecule has 43 heavy (non-hydrogen) atoms. The molecule has 1 aliphatic heterocycles. The van der Waals surface area contributed by atoms with Crippen LogP contribution in [0.15, 0.2) is 42.6 Å². The van der Waals surface area contributed by atoms with Crippen LogP contribution in [0, 0.1) is 28.8 Å². The molecule has 0 atom stereocenters. The number of anilines is 2. The van der Waals surface area contributed by atoms with Crippen molar-refractivity contribution in [2.45, 2.75) is 25.6 Å². The lowest BCUT2D eigenvalue weighted by Crippen LogP contribution is -2.44. The number of ether oxygens (including phenoxy) is 2. The highest BCUT2D eigenvalue weighted by Gasteiger charge is 2.52. The molecule has 1 aromatic heterocycles. The van der Waals surface area contributed by atoms with E-state index < -0.39 is 57.0 Å². The van der Waals surface area contributed by atoms with Gasteiger partial charge in [-0.15, -0.1) is 0 Å². The van der Waals surface area contributed by atoms with Gasteiger partial charge in [-0.25, -0.2) is 13.2 Å². The summed E-state index contributed by atoms with van der Waals surface area (Å²) in [6.07, 6.45) is -3.58. The van der Waals surface area contributed by atoms with Crippen LogP contribution in [-0.4, -0.2) is 47.6 Å². The summed E-state index contributed by atoms with van der Waals surface area (Å²) in [4.78, 5) is 29.3. The highest BCUT2D eigenvalue weighted by Crippen LogP contribution is 2.42. The Morgan fingerprint density at radius 1 is 1.09 bits per heavy atom. The van der Waals surface area contributed by atoms with Gasteiger partial charge in [0.05, 0.1) is 35.8 Å². The molecule has 1 fully saturated rings. The number of nitrogens with zero attached hydrogens (tertiary/aromatic N) is 4. The second-order valence-electron chi connectivity index (χ2n) is 9.51. The average Bonchev–Trinajstić information content (AvgIpc) is 3.11. The van der Waals surface area contributed by atoms with E-state index in [1.165, 1.54) is 32.0 Å². The normalized spacial score (nSPS) is 14.7. The molecule has 1 amide bonds. The van der Waals surface area contributed by atoms with Gasteiger partial charge in [0, 0.05) is 11.6 Å². The van der Waals surface area contributed by atoms with Crippen molar-refractivity contribution in [2.75, 3.05) is 29.6 Å². The number of benzene rings is 2. The van der Waals surface area contributed by atoms with E-state index in [0.717, 1.165) is 35.4 Å². The van der Waals surface area contributed by atoms with Crippen LogP contribution in [0.5, 0.6) is 5.75 Å². The van der Waals surface area contributed by atoms with E-state index in [1.54, 1.807) is 0 Å². The number of hydrogen-bond acceptors (Lipinski definition) is 7. The Morgan fingerprint density at radius 2 is 1.81 bits per heavy atom. The van der Waals surface area contributed by atoms with Crippen LogP contribution in [0.2, 0.25) is 0 Å². The van der Waals surface area contributed by atoms with Crippen molar-refractivity contribution in [3.8, 4) is 23.1 Å². The molecule has 0 unspecified atom stereocenters. The van der Waals surface area contributed by atoms with Gasteiger partial charge in [0.2, 0.25) is 0 Å². The van der Waals surface area contributed by atoms with Gasteiger partial charge < -0.3 is 19.2 Å². The summed E-state index contributed by atoms with van der Waals surface area (Å²) in [7, 11) is 0. The van der Waals surface area contributed by atoms with E-state index in [2.05, 4.69) is 4.98 Å². The minimum atomic E-state index is -5.25. The molecule has 224 valence electrons. The van der Waals surface area contributed by atoms with Crippen molar-refractivity contribution >= 4 is 40.9 Å². The van der Waals surface area contributed by atoms with Crippen LogP contribution in [0.4, 0.5) is 37.7 Å². The van der Waals surface area contributed by atoms with Gasteiger partial charge in [0.15, 0.2) is 28.3 Å². The van der Waals surface area contributed by atoms with Crippen LogP contribution >= 0.6 is 12.2 Å². The number of aromatic nitrogens is 1. The molecule has 0 N–H and O–H groups in total. The zero-order valence-corrected chi connectivity index (χ0v) is 23.2. The predicted octanol–water partition coefficient (Wildman–Crippen LogP) is 5.57. The molecule has 0 saturated carbocycles. The fraction of sp³-hybridized carbons (Fsp3) is 0.250. The molecule has 3 aromatic rings. The molecular formula is C28H20F6N4O4S. The summed E-state index contributed by atoms with van der Waals surface area (Å²) in [6.45, 7) is 2.54. The van der Waals surface area contributed by atoms with E-state index in [9.17, 15) is 27.2 Å². The van der Waals surface area contributed by atoms with Gasteiger partial charge in [-0.05, 0) is 56.4 Å². The lowest BCUT2D eigenvalue weighted by atomic mass is 10.0. The number of rotatable bonds is 9. The second-order valence-corrected chi connectivity index (χ2v) is 9.87. The molecule has 0 spiro atoms. The molecular weight excluding hydrogens is 602 g/mol. The third-order valence-electron chi connectivity index (χ3n) is 6.40.